The average molecular weight is 273 g/mol. The molecular formula is C14H15N3O3. The first-order valence-electron chi connectivity index (χ1n) is 6.09. The second-order valence-corrected chi connectivity index (χ2v) is 4.36. The number of nitrogens with zero attached hydrogens (tertiary/aromatic N) is 3. The monoisotopic (exact) mass is 273 g/mol. The van der Waals surface area contributed by atoms with Crippen LogP contribution in [0.15, 0.2) is 12.1 Å². The van der Waals surface area contributed by atoms with Gasteiger partial charge in [0.25, 0.3) is 0 Å². The summed E-state index contributed by atoms with van der Waals surface area (Å²) in [4.78, 5) is 8.26. The van der Waals surface area contributed by atoms with E-state index in [1.807, 2.05) is 19.9 Å². The number of ether oxygens (including phenoxy) is 3. The summed E-state index contributed by atoms with van der Waals surface area (Å²) < 4.78 is 16.1. The minimum atomic E-state index is -0.0623. The van der Waals surface area contributed by atoms with Gasteiger partial charge in [-0.15, -0.1) is 0 Å². The Labute approximate surface area is 116 Å². The molecule has 6 nitrogen and oxygen atoms in total. The molecule has 0 N–H and O–H groups in total. The fourth-order valence-corrected chi connectivity index (χ4v) is 1.79. The van der Waals surface area contributed by atoms with Gasteiger partial charge in [-0.1, -0.05) is 0 Å². The number of methoxy groups -OCH3 is 2. The highest BCUT2D eigenvalue weighted by molar-refractivity contribution is 5.87. The molecule has 20 heavy (non-hydrogen) atoms. The van der Waals surface area contributed by atoms with Crippen LogP contribution >= 0.6 is 0 Å². The third-order valence-corrected chi connectivity index (χ3v) is 2.61. The largest absolute Gasteiger partial charge is 0.493 e. The topological polar surface area (TPSA) is 77.3 Å². The fraction of sp³-hybridized carbons (Fsp3) is 0.357. The van der Waals surface area contributed by atoms with Crippen molar-refractivity contribution in [1.82, 2.24) is 9.97 Å². The summed E-state index contributed by atoms with van der Waals surface area (Å²) in [6.45, 7) is 3.78. The molecule has 0 fully saturated rings. The highest BCUT2D eigenvalue weighted by Gasteiger charge is 2.14. The summed E-state index contributed by atoms with van der Waals surface area (Å²) in [5.41, 5.74) is 0.574. The molecule has 104 valence electrons. The molecule has 0 aliphatic heterocycles. The van der Waals surface area contributed by atoms with Crippen LogP contribution in [0.4, 0.5) is 0 Å². The molecule has 2 aromatic rings. The van der Waals surface area contributed by atoms with Crippen molar-refractivity contribution in [2.75, 3.05) is 14.2 Å². The Morgan fingerprint density at radius 1 is 1.10 bits per heavy atom. The van der Waals surface area contributed by atoms with E-state index in [2.05, 4.69) is 9.97 Å². The van der Waals surface area contributed by atoms with Crippen molar-refractivity contribution in [2.24, 2.45) is 0 Å². The molecule has 0 spiro atoms. The van der Waals surface area contributed by atoms with Gasteiger partial charge >= 0.3 is 0 Å². The number of hydrogen-bond acceptors (Lipinski definition) is 6. The van der Waals surface area contributed by atoms with Gasteiger partial charge in [-0.05, 0) is 19.9 Å². The summed E-state index contributed by atoms with van der Waals surface area (Å²) in [6.07, 6.45) is -0.0623. The molecule has 0 unspecified atom stereocenters. The molecule has 0 aliphatic carbocycles. The Balaban J connectivity index is 2.73. The minimum Gasteiger partial charge on any atom is -0.493 e. The van der Waals surface area contributed by atoms with Gasteiger partial charge in [0.2, 0.25) is 11.7 Å². The molecule has 0 saturated heterocycles. The summed E-state index contributed by atoms with van der Waals surface area (Å²) in [5, 5.41) is 9.67. The molecule has 0 amide bonds. The van der Waals surface area contributed by atoms with E-state index in [0.29, 0.717) is 28.3 Å². The molecule has 1 aromatic carbocycles. The molecule has 6 heteroatoms. The zero-order chi connectivity index (χ0) is 14.7. The Bertz CT molecular complexity index is 677. The third-order valence-electron chi connectivity index (χ3n) is 2.61. The van der Waals surface area contributed by atoms with E-state index in [4.69, 9.17) is 19.5 Å². The van der Waals surface area contributed by atoms with Gasteiger partial charge in [0.1, 0.15) is 6.07 Å². The van der Waals surface area contributed by atoms with Crippen LogP contribution in [0.1, 0.15) is 19.7 Å². The molecular weight excluding hydrogens is 258 g/mol. The number of nitriles is 1. The van der Waals surface area contributed by atoms with E-state index < -0.39 is 0 Å². The average Bonchev–Trinajstić information content (AvgIpc) is 2.44. The SMILES string of the molecule is COc1cc2nc(C#N)nc(OC(C)C)c2cc1OC. The Morgan fingerprint density at radius 2 is 1.75 bits per heavy atom. The van der Waals surface area contributed by atoms with E-state index in [0.717, 1.165) is 0 Å². The van der Waals surface area contributed by atoms with Crippen molar-refractivity contribution in [1.29, 1.82) is 5.26 Å². The standard InChI is InChI=1S/C14H15N3O3/c1-8(2)20-14-9-5-11(18-3)12(19-4)6-10(9)16-13(7-15)17-14/h5-6,8H,1-4H3. The lowest BCUT2D eigenvalue weighted by molar-refractivity contribution is 0.235. The summed E-state index contributed by atoms with van der Waals surface area (Å²) in [5.74, 6) is 1.52. The third kappa shape index (κ3) is 2.57. The molecule has 0 saturated carbocycles. The lowest BCUT2D eigenvalue weighted by atomic mass is 10.2. The summed E-state index contributed by atoms with van der Waals surface area (Å²) >= 11 is 0. The lowest BCUT2D eigenvalue weighted by Gasteiger charge is -2.13. The van der Waals surface area contributed by atoms with Crippen molar-refractivity contribution in [3.63, 3.8) is 0 Å². The van der Waals surface area contributed by atoms with E-state index in [1.54, 1.807) is 26.4 Å². The smallest absolute Gasteiger partial charge is 0.236 e. The number of fused-ring (bicyclic) bond motifs is 1. The van der Waals surface area contributed by atoms with Crippen molar-refractivity contribution in [3.8, 4) is 23.4 Å². The van der Waals surface area contributed by atoms with Crippen molar-refractivity contribution >= 4 is 10.9 Å². The van der Waals surface area contributed by atoms with Crippen LogP contribution in [0.5, 0.6) is 17.4 Å². The van der Waals surface area contributed by atoms with Gasteiger partial charge in [0, 0.05) is 6.07 Å². The van der Waals surface area contributed by atoms with Crippen LogP contribution in [0.25, 0.3) is 10.9 Å². The molecule has 2 rings (SSSR count). The van der Waals surface area contributed by atoms with Crippen molar-refractivity contribution in [2.45, 2.75) is 20.0 Å². The maximum atomic E-state index is 9.00. The predicted octanol–water partition coefficient (Wildman–Crippen LogP) is 2.31. The van der Waals surface area contributed by atoms with E-state index in [1.165, 1.54) is 0 Å². The second-order valence-electron chi connectivity index (χ2n) is 4.36. The van der Waals surface area contributed by atoms with Gasteiger partial charge in [-0.2, -0.15) is 10.2 Å². The molecule has 0 radical (unpaired) electrons. The van der Waals surface area contributed by atoms with E-state index in [9.17, 15) is 0 Å². The molecule has 0 aliphatic rings. The first-order chi connectivity index (χ1) is 9.58. The molecule has 0 bridgehead atoms. The Morgan fingerprint density at radius 3 is 2.30 bits per heavy atom. The molecule has 1 heterocycles. The number of hydrogen-bond donors (Lipinski definition) is 0. The van der Waals surface area contributed by atoms with Gasteiger partial charge in [-0.25, -0.2) is 4.98 Å². The maximum Gasteiger partial charge on any atom is 0.236 e. The summed E-state index contributed by atoms with van der Waals surface area (Å²) in [7, 11) is 3.10. The summed E-state index contributed by atoms with van der Waals surface area (Å²) in [6, 6.07) is 5.37. The fourth-order valence-electron chi connectivity index (χ4n) is 1.79. The first kappa shape index (κ1) is 13.9. The zero-order valence-electron chi connectivity index (χ0n) is 11.8. The van der Waals surface area contributed by atoms with Crippen LogP contribution in [0.3, 0.4) is 0 Å². The van der Waals surface area contributed by atoms with Gasteiger partial charge in [0.15, 0.2) is 11.5 Å². The van der Waals surface area contributed by atoms with Gasteiger partial charge < -0.3 is 14.2 Å². The molecule has 1 aromatic heterocycles. The highest BCUT2D eigenvalue weighted by Crippen LogP contribution is 2.34. The minimum absolute atomic E-state index is 0.0559. The van der Waals surface area contributed by atoms with E-state index in [-0.39, 0.29) is 11.9 Å². The Hall–Kier alpha value is -2.55. The van der Waals surface area contributed by atoms with Gasteiger partial charge in [0.05, 0.1) is 31.2 Å². The van der Waals surface area contributed by atoms with E-state index >= 15 is 0 Å². The second kappa shape index (κ2) is 5.61. The number of aromatic nitrogens is 2. The quantitative estimate of drug-likeness (QED) is 0.850. The lowest BCUT2D eigenvalue weighted by Crippen LogP contribution is -2.09. The van der Waals surface area contributed by atoms with Crippen molar-refractivity contribution in [3.05, 3.63) is 18.0 Å². The van der Waals surface area contributed by atoms with Crippen LogP contribution in [-0.2, 0) is 0 Å². The van der Waals surface area contributed by atoms with Crippen LogP contribution in [0, 0.1) is 11.3 Å². The predicted molar refractivity (Wildman–Crippen MR) is 73.1 cm³/mol. The zero-order valence-corrected chi connectivity index (χ0v) is 11.8. The normalized spacial score (nSPS) is 10.4. The van der Waals surface area contributed by atoms with Gasteiger partial charge in [-0.3, -0.25) is 0 Å². The number of benzene rings is 1. The van der Waals surface area contributed by atoms with Crippen molar-refractivity contribution < 1.29 is 14.2 Å². The van der Waals surface area contributed by atoms with Crippen LogP contribution in [0.2, 0.25) is 0 Å². The maximum absolute atomic E-state index is 9.00. The number of rotatable bonds is 4. The first-order valence-corrected chi connectivity index (χ1v) is 6.09. The van der Waals surface area contributed by atoms with Crippen LogP contribution in [-0.4, -0.2) is 30.3 Å². The van der Waals surface area contributed by atoms with Crippen LogP contribution < -0.4 is 14.2 Å². The Kier molecular flexibility index (Phi) is 3.89. The molecule has 0 atom stereocenters. The highest BCUT2D eigenvalue weighted by atomic mass is 16.5.